The van der Waals surface area contributed by atoms with E-state index in [0.717, 1.165) is 16.8 Å². The van der Waals surface area contributed by atoms with Gasteiger partial charge < -0.3 is 10.2 Å². The Balaban J connectivity index is 1.81. The van der Waals surface area contributed by atoms with E-state index in [1.807, 2.05) is 30.3 Å². The molecular weight excluding hydrogens is 340 g/mol. The minimum atomic E-state index is 0.0842. The number of aromatic nitrogens is 1. The van der Waals surface area contributed by atoms with Crippen molar-refractivity contribution < 1.29 is 10.2 Å². The smallest absolute Gasteiger partial charge is 0.215 e. The molecule has 0 atom stereocenters. The molecule has 0 fully saturated rings. The van der Waals surface area contributed by atoms with Crippen molar-refractivity contribution in [1.82, 2.24) is 4.57 Å². The third kappa shape index (κ3) is 2.46. The van der Waals surface area contributed by atoms with Crippen molar-refractivity contribution in [3.05, 3.63) is 62.9 Å². The predicted molar refractivity (Wildman–Crippen MR) is 100 cm³/mol. The van der Waals surface area contributed by atoms with Crippen LogP contribution in [-0.2, 0) is 0 Å². The predicted octanol–water partition coefficient (Wildman–Crippen LogP) is 4.94. The minimum Gasteiger partial charge on any atom is -0.508 e. The molecule has 4 nitrogen and oxygen atoms in total. The summed E-state index contributed by atoms with van der Waals surface area (Å²) in [5.74, 6) is 0.252. The van der Waals surface area contributed by atoms with Gasteiger partial charge in [0.15, 0.2) is 3.95 Å². The standard InChI is InChI=1S/C18H12N2O2S2/c21-13-7-5-12(6-8-13)20-17(22)16(24-18(20)23)9-11-10-19-15-4-2-1-3-14(11)15/h1-10,21-22H/b11-9+. The summed E-state index contributed by atoms with van der Waals surface area (Å²) in [4.78, 5) is 5.05. The lowest BCUT2D eigenvalue weighted by Gasteiger charge is -2.05. The maximum Gasteiger partial charge on any atom is 0.215 e. The average Bonchev–Trinajstić information content (AvgIpc) is 3.11. The molecule has 6 heteroatoms. The number of rotatable bonds is 2. The van der Waals surface area contributed by atoms with Crippen LogP contribution < -0.4 is 0 Å². The van der Waals surface area contributed by atoms with Gasteiger partial charge in [0.1, 0.15) is 5.75 Å². The van der Waals surface area contributed by atoms with Crippen LogP contribution in [0.2, 0.25) is 0 Å². The van der Waals surface area contributed by atoms with Crippen molar-refractivity contribution in [1.29, 1.82) is 0 Å². The van der Waals surface area contributed by atoms with Crippen LogP contribution in [0.15, 0.2) is 53.5 Å². The Morgan fingerprint density at radius 1 is 1.04 bits per heavy atom. The summed E-state index contributed by atoms with van der Waals surface area (Å²) in [6.07, 6.45) is 3.68. The summed E-state index contributed by atoms with van der Waals surface area (Å²) in [5, 5.41) is 20.0. The van der Waals surface area contributed by atoms with Crippen LogP contribution in [0.3, 0.4) is 0 Å². The Morgan fingerprint density at radius 3 is 2.58 bits per heavy atom. The van der Waals surface area contributed by atoms with E-state index in [1.165, 1.54) is 11.3 Å². The molecule has 2 N–H and O–H groups in total. The van der Waals surface area contributed by atoms with Gasteiger partial charge in [0.05, 0.1) is 16.3 Å². The first-order valence-electron chi connectivity index (χ1n) is 7.23. The van der Waals surface area contributed by atoms with E-state index in [2.05, 4.69) is 4.99 Å². The van der Waals surface area contributed by atoms with Gasteiger partial charge in [-0.2, -0.15) is 0 Å². The number of aromatic hydroxyl groups is 2. The number of fused-ring (bicyclic) bond motifs is 1. The Kier molecular flexibility index (Phi) is 3.55. The number of para-hydroxylation sites is 1. The molecule has 0 bridgehead atoms. The largest absolute Gasteiger partial charge is 0.508 e. The van der Waals surface area contributed by atoms with E-state index in [0.29, 0.717) is 14.5 Å². The molecule has 0 radical (unpaired) electrons. The molecule has 0 spiro atoms. The van der Waals surface area contributed by atoms with Crippen LogP contribution >= 0.6 is 23.6 Å². The topological polar surface area (TPSA) is 57.8 Å². The van der Waals surface area contributed by atoms with Crippen LogP contribution in [0.25, 0.3) is 17.3 Å². The van der Waals surface area contributed by atoms with Crippen LogP contribution in [-0.4, -0.2) is 21.0 Å². The summed E-state index contributed by atoms with van der Waals surface area (Å²) in [6, 6.07) is 14.4. The zero-order valence-corrected chi connectivity index (χ0v) is 14.0. The molecule has 24 heavy (non-hydrogen) atoms. The number of hydrogen-bond acceptors (Lipinski definition) is 5. The quantitative estimate of drug-likeness (QED) is 0.643. The van der Waals surface area contributed by atoms with Crippen LogP contribution in [0.4, 0.5) is 5.69 Å². The summed E-state index contributed by atoms with van der Waals surface area (Å²) >= 11 is 6.72. The molecule has 1 aliphatic heterocycles. The molecule has 0 saturated heterocycles. The van der Waals surface area contributed by atoms with Crippen molar-refractivity contribution in [3.8, 4) is 17.3 Å². The maximum atomic E-state index is 10.6. The molecule has 1 aromatic heterocycles. The highest BCUT2D eigenvalue weighted by molar-refractivity contribution is 7.73. The first-order chi connectivity index (χ1) is 11.6. The number of phenolic OH excluding ortho intramolecular Hbond substituents is 1. The van der Waals surface area contributed by atoms with Crippen molar-refractivity contribution in [2.45, 2.75) is 0 Å². The number of phenols is 1. The molecule has 118 valence electrons. The minimum absolute atomic E-state index is 0.0842. The average molecular weight is 352 g/mol. The summed E-state index contributed by atoms with van der Waals surface area (Å²) in [5.41, 5.74) is 3.60. The van der Waals surface area contributed by atoms with E-state index in [9.17, 15) is 10.2 Å². The monoisotopic (exact) mass is 352 g/mol. The zero-order chi connectivity index (χ0) is 16.7. The normalized spacial score (nSPS) is 14.2. The number of benzene rings is 2. The second-order valence-electron chi connectivity index (χ2n) is 5.28. The lowest BCUT2D eigenvalue weighted by Crippen LogP contribution is -1.92. The van der Waals surface area contributed by atoms with Crippen molar-refractivity contribution in [3.63, 3.8) is 0 Å². The number of hydrogen-bond donors (Lipinski definition) is 2. The number of nitrogens with zero attached hydrogens (tertiary/aromatic N) is 2. The van der Waals surface area contributed by atoms with Gasteiger partial charge in [0.25, 0.3) is 0 Å². The highest BCUT2D eigenvalue weighted by Gasteiger charge is 2.16. The lowest BCUT2D eigenvalue weighted by molar-refractivity contribution is 0.440. The van der Waals surface area contributed by atoms with Crippen molar-refractivity contribution >= 4 is 47.1 Å². The third-order valence-corrected chi connectivity index (χ3v) is 5.07. The fourth-order valence-electron chi connectivity index (χ4n) is 2.60. The Labute approximate surface area is 147 Å². The highest BCUT2D eigenvalue weighted by atomic mass is 32.1. The van der Waals surface area contributed by atoms with Gasteiger partial charge in [0, 0.05) is 17.4 Å². The first-order valence-corrected chi connectivity index (χ1v) is 8.45. The van der Waals surface area contributed by atoms with Gasteiger partial charge in [-0.15, -0.1) is 11.3 Å². The van der Waals surface area contributed by atoms with Crippen LogP contribution in [0.1, 0.15) is 10.4 Å². The van der Waals surface area contributed by atoms with Gasteiger partial charge in [-0.25, -0.2) is 0 Å². The Hall–Kier alpha value is -2.70. The summed E-state index contributed by atoms with van der Waals surface area (Å²) in [7, 11) is 0. The van der Waals surface area contributed by atoms with Crippen LogP contribution in [0, 0.1) is 3.95 Å². The molecule has 3 aromatic rings. The van der Waals surface area contributed by atoms with Gasteiger partial charge in [-0.1, -0.05) is 18.2 Å². The number of thiazole rings is 1. The van der Waals surface area contributed by atoms with E-state index in [4.69, 9.17) is 12.2 Å². The summed E-state index contributed by atoms with van der Waals surface area (Å²) in [6.45, 7) is 0. The van der Waals surface area contributed by atoms with Gasteiger partial charge in [-0.3, -0.25) is 9.56 Å². The van der Waals surface area contributed by atoms with E-state index in [-0.39, 0.29) is 11.6 Å². The highest BCUT2D eigenvalue weighted by Crippen LogP contribution is 2.36. The Bertz CT molecular complexity index is 1040. The molecule has 0 amide bonds. The molecule has 0 aliphatic carbocycles. The van der Waals surface area contributed by atoms with Gasteiger partial charge in [-0.05, 0) is 48.6 Å². The Morgan fingerprint density at radius 2 is 1.79 bits per heavy atom. The molecular formula is C18H12N2O2S2. The summed E-state index contributed by atoms with van der Waals surface area (Å²) < 4.78 is 2.12. The molecule has 0 saturated carbocycles. The van der Waals surface area contributed by atoms with Crippen molar-refractivity contribution in [2.24, 2.45) is 4.99 Å². The zero-order valence-electron chi connectivity index (χ0n) is 12.4. The maximum absolute atomic E-state index is 10.6. The number of allylic oxidation sites excluding steroid dienone is 1. The fourth-order valence-corrected chi connectivity index (χ4v) is 3.90. The molecule has 2 heterocycles. The molecule has 4 rings (SSSR count). The van der Waals surface area contributed by atoms with Crippen molar-refractivity contribution in [2.75, 3.05) is 0 Å². The van der Waals surface area contributed by atoms with Crippen LogP contribution in [0.5, 0.6) is 11.6 Å². The van der Waals surface area contributed by atoms with E-state index < -0.39 is 0 Å². The molecule has 1 aliphatic rings. The SMILES string of the molecule is Oc1ccc(-n2c(O)c(/C=C3\C=Nc4ccccc43)sc2=S)cc1. The second kappa shape index (κ2) is 5.74. The molecule has 2 aromatic carbocycles. The third-order valence-electron chi connectivity index (χ3n) is 3.76. The van der Waals surface area contributed by atoms with Gasteiger partial charge in [0.2, 0.25) is 5.88 Å². The van der Waals surface area contributed by atoms with Gasteiger partial charge >= 0.3 is 0 Å². The first kappa shape index (κ1) is 14.9. The molecule has 0 unspecified atom stereocenters. The second-order valence-corrected chi connectivity index (χ2v) is 6.96. The van der Waals surface area contributed by atoms with E-state index in [1.54, 1.807) is 35.0 Å². The fraction of sp³-hybridized carbons (Fsp3) is 0. The van der Waals surface area contributed by atoms with E-state index >= 15 is 0 Å². The lowest BCUT2D eigenvalue weighted by atomic mass is 10.1. The number of aliphatic imine (C=N–C) groups is 1.